The van der Waals surface area contributed by atoms with Crippen LogP contribution >= 0.6 is 0 Å². The Kier molecular flexibility index (Phi) is 14.2. The summed E-state index contributed by atoms with van der Waals surface area (Å²) in [6.07, 6.45) is 5.85. The number of nitrogens with one attached hydrogen (secondary N) is 1. The fourth-order valence-corrected chi connectivity index (χ4v) is 6.57. The summed E-state index contributed by atoms with van der Waals surface area (Å²) in [4.78, 5) is 32.3. The lowest BCUT2D eigenvalue weighted by Gasteiger charge is -2.35. The van der Waals surface area contributed by atoms with Gasteiger partial charge in [0.25, 0.3) is 0 Å². The van der Waals surface area contributed by atoms with E-state index in [4.69, 9.17) is 15.5 Å². The molecule has 11 nitrogen and oxygen atoms in total. The Labute approximate surface area is 282 Å². The molecule has 0 radical (unpaired) electrons. The minimum absolute atomic E-state index is 0.148. The number of aromatic nitrogens is 3. The number of nitrogen functional groups attached to an aromatic ring is 1. The Morgan fingerprint density at radius 2 is 1.60 bits per heavy atom. The van der Waals surface area contributed by atoms with Gasteiger partial charge in [-0.05, 0) is 106 Å². The number of piperazine rings is 1. The fraction of sp³-hybridized carbons (Fsp3) is 0.694. The van der Waals surface area contributed by atoms with E-state index in [0.29, 0.717) is 30.8 Å². The summed E-state index contributed by atoms with van der Waals surface area (Å²) in [5, 5.41) is 4.37. The van der Waals surface area contributed by atoms with Crippen LogP contribution in [-0.4, -0.2) is 132 Å². The number of para-hydroxylation sites is 1. The number of rotatable bonds is 20. The first-order chi connectivity index (χ1) is 22.6. The highest BCUT2D eigenvalue weighted by molar-refractivity contribution is 6.06. The maximum atomic E-state index is 13.0. The second-order valence-electron chi connectivity index (χ2n) is 14.1. The van der Waals surface area contributed by atoms with Crippen LogP contribution in [0, 0.1) is 0 Å². The van der Waals surface area contributed by atoms with Gasteiger partial charge in [-0.2, -0.15) is 0 Å². The van der Waals surface area contributed by atoms with Crippen LogP contribution in [0.15, 0.2) is 24.3 Å². The zero-order valence-corrected chi connectivity index (χ0v) is 30.1. The second-order valence-corrected chi connectivity index (χ2v) is 14.1. The standard InChI is InChI=1S/C36H61N9O2/c1-7-38-27-31-40-33-34(29-15-10-11-16-30(29)39-35(33)37)45(31)28-36(2,3)47-32(46)17-9-8-12-19-42(6)20-14-22-44-25-23-43(24-26-44)21-13-18-41(4)5/h10-11,15-16,38H,7-9,12-14,17-28H2,1-6H3,(H2,37,39). The van der Waals surface area contributed by atoms with Crippen molar-refractivity contribution in [1.82, 2.24) is 39.5 Å². The average molecular weight is 652 g/mol. The Morgan fingerprint density at radius 1 is 0.936 bits per heavy atom. The van der Waals surface area contributed by atoms with Gasteiger partial charge in [-0.1, -0.05) is 31.5 Å². The van der Waals surface area contributed by atoms with Gasteiger partial charge in [0.1, 0.15) is 16.9 Å². The molecule has 0 atom stereocenters. The average Bonchev–Trinajstić information content (AvgIpc) is 3.38. The van der Waals surface area contributed by atoms with Crippen molar-refractivity contribution in [1.29, 1.82) is 0 Å². The molecule has 0 bridgehead atoms. The molecule has 0 amide bonds. The number of carbonyl (C=O) groups excluding carboxylic acids is 1. The third-order valence-corrected chi connectivity index (χ3v) is 9.13. The number of hydrogen-bond acceptors (Lipinski definition) is 10. The Balaban J connectivity index is 1.16. The van der Waals surface area contributed by atoms with E-state index in [1.165, 1.54) is 58.7 Å². The summed E-state index contributed by atoms with van der Waals surface area (Å²) < 4.78 is 8.21. The third kappa shape index (κ3) is 11.4. The van der Waals surface area contributed by atoms with E-state index in [2.05, 4.69) is 62.5 Å². The molecule has 3 N–H and O–H groups in total. The van der Waals surface area contributed by atoms with Crippen molar-refractivity contribution in [3.63, 3.8) is 0 Å². The number of pyridine rings is 1. The second kappa shape index (κ2) is 18.1. The van der Waals surface area contributed by atoms with Gasteiger partial charge in [0.2, 0.25) is 0 Å². The number of imidazole rings is 1. The van der Waals surface area contributed by atoms with Crippen LogP contribution in [0.3, 0.4) is 0 Å². The molecule has 1 saturated heterocycles. The smallest absolute Gasteiger partial charge is 0.306 e. The minimum atomic E-state index is -0.718. The van der Waals surface area contributed by atoms with Gasteiger partial charge >= 0.3 is 5.97 Å². The molecule has 0 unspecified atom stereocenters. The summed E-state index contributed by atoms with van der Waals surface area (Å²) in [6.45, 7) is 18.4. The molecule has 262 valence electrons. The lowest BCUT2D eigenvalue weighted by Crippen LogP contribution is -2.47. The molecule has 1 aromatic carbocycles. The summed E-state index contributed by atoms with van der Waals surface area (Å²) in [5.74, 6) is 1.12. The van der Waals surface area contributed by atoms with Crippen molar-refractivity contribution in [3.05, 3.63) is 30.1 Å². The molecule has 47 heavy (non-hydrogen) atoms. The maximum absolute atomic E-state index is 13.0. The van der Waals surface area contributed by atoms with Crippen molar-refractivity contribution in [2.24, 2.45) is 0 Å². The summed E-state index contributed by atoms with van der Waals surface area (Å²) >= 11 is 0. The lowest BCUT2D eigenvalue weighted by atomic mass is 10.1. The van der Waals surface area contributed by atoms with Gasteiger partial charge in [0.05, 0.1) is 24.1 Å². The maximum Gasteiger partial charge on any atom is 0.306 e. The van der Waals surface area contributed by atoms with E-state index < -0.39 is 5.60 Å². The number of nitrogens with zero attached hydrogens (tertiary/aromatic N) is 7. The van der Waals surface area contributed by atoms with E-state index in [0.717, 1.165) is 61.1 Å². The molecule has 1 aliphatic rings. The molecule has 0 spiro atoms. The molecular weight excluding hydrogens is 590 g/mol. The van der Waals surface area contributed by atoms with Gasteiger partial charge in [-0.3, -0.25) is 4.79 Å². The normalized spacial score (nSPS) is 15.1. The van der Waals surface area contributed by atoms with E-state index in [1.54, 1.807) is 0 Å². The highest BCUT2D eigenvalue weighted by atomic mass is 16.6. The van der Waals surface area contributed by atoms with Gasteiger partial charge in [-0.25, -0.2) is 9.97 Å². The molecule has 0 aliphatic carbocycles. The number of ether oxygens (including phenoxy) is 1. The topological polar surface area (TPSA) is 108 Å². The first-order valence-electron chi connectivity index (χ1n) is 17.8. The van der Waals surface area contributed by atoms with Gasteiger partial charge in [0.15, 0.2) is 5.82 Å². The van der Waals surface area contributed by atoms with Crippen LogP contribution in [0.25, 0.3) is 21.9 Å². The first kappa shape index (κ1) is 37.0. The summed E-state index contributed by atoms with van der Waals surface area (Å²) in [6, 6.07) is 7.97. The zero-order valence-electron chi connectivity index (χ0n) is 30.1. The van der Waals surface area contributed by atoms with Crippen molar-refractivity contribution < 1.29 is 9.53 Å². The lowest BCUT2D eigenvalue weighted by molar-refractivity contribution is -0.157. The number of unbranched alkanes of at least 4 members (excludes halogenated alkanes) is 2. The SMILES string of the molecule is CCNCc1nc2c(N)nc3ccccc3c2n1CC(C)(C)OC(=O)CCCCCN(C)CCCN1CCN(CCCN(C)C)CC1. The van der Waals surface area contributed by atoms with Crippen molar-refractivity contribution in [2.45, 2.75) is 78.0 Å². The molecule has 2 aromatic heterocycles. The monoisotopic (exact) mass is 651 g/mol. The van der Waals surface area contributed by atoms with Crippen LogP contribution in [-0.2, 0) is 22.6 Å². The largest absolute Gasteiger partial charge is 0.458 e. The number of nitrogens with two attached hydrogens (primary N) is 1. The van der Waals surface area contributed by atoms with Crippen LogP contribution in [0.2, 0.25) is 0 Å². The quantitative estimate of drug-likeness (QED) is 0.137. The first-order valence-corrected chi connectivity index (χ1v) is 17.8. The van der Waals surface area contributed by atoms with Crippen LogP contribution in [0.5, 0.6) is 0 Å². The highest BCUT2D eigenvalue weighted by Crippen LogP contribution is 2.30. The van der Waals surface area contributed by atoms with E-state index in [1.807, 2.05) is 38.1 Å². The molecule has 0 saturated carbocycles. The molecule has 1 aliphatic heterocycles. The van der Waals surface area contributed by atoms with E-state index in [9.17, 15) is 4.79 Å². The van der Waals surface area contributed by atoms with Crippen LogP contribution in [0.1, 0.15) is 65.1 Å². The summed E-state index contributed by atoms with van der Waals surface area (Å²) in [5.41, 5.74) is 8.08. The Hall–Kier alpha value is -2.83. The number of benzene rings is 1. The molecule has 3 heterocycles. The van der Waals surface area contributed by atoms with Gasteiger partial charge in [-0.15, -0.1) is 0 Å². The van der Waals surface area contributed by atoms with E-state index >= 15 is 0 Å². The van der Waals surface area contributed by atoms with Gasteiger partial charge in [0, 0.05) is 38.0 Å². The molecular formula is C36H61N9O2. The van der Waals surface area contributed by atoms with Crippen molar-refractivity contribution in [2.75, 3.05) is 92.3 Å². The number of fused-ring (bicyclic) bond motifs is 3. The van der Waals surface area contributed by atoms with Gasteiger partial charge < -0.3 is 40.0 Å². The Morgan fingerprint density at radius 3 is 2.28 bits per heavy atom. The van der Waals surface area contributed by atoms with E-state index in [-0.39, 0.29) is 5.97 Å². The Bertz CT molecular complexity index is 1400. The highest BCUT2D eigenvalue weighted by Gasteiger charge is 2.27. The molecule has 3 aromatic rings. The third-order valence-electron chi connectivity index (χ3n) is 9.13. The fourth-order valence-electron chi connectivity index (χ4n) is 6.57. The molecule has 11 heteroatoms. The zero-order chi connectivity index (χ0) is 33.8. The molecule has 4 rings (SSSR count). The minimum Gasteiger partial charge on any atom is -0.458 e. The van der Waals surface area contributed by atoms with Crippen LogP contribution < -0.4 is 11.1 Å². The van der Waals surface area contributed by atoms with Crippen LogP contribution in [0.4, 0.5) is 5.82 Å². The predicted molar refractivity (Wildman–Crippen MR) is 194 cm³/mol. The molecule has 1 fully saturated rings. The van der Waals surface area contributed by atoms with Crippen molar-refractivity contribution >= 4 is 33.7 Å². The predicted octanol–water partition coefficient (Wildman–Crippen LogP) is 4.05. The number of esters is 1. The number of hydrogen-bond donors (Lipinski definition) is 2. The number of anilines is 1. The summed E-state index contributed by atoms with van der Waals surface area (Å²) in [7, 11) is 6.52. The number of carbonyl (C=O) groups is 1. The van der Waals surface area contributed by atoms with Crippen molar-refractivity contribution in [3.8, 4) is 0 Å².